The van der Waals surface area contributed by atoms with E-state index in [0.29, 0.717) is 37.4 Å². The van der Waals surface area contributed by atoms with Crippen LogP contribution >= 0.6 is 11.6 Å². The summed E-state index contributed by atoms with van der Waals surface area (Å²) in [4.78, 5) is 29.3. The van der Waals surface area contributed by atoms with Crippen LogP contribution in [0.15, 0.2) is 42.7 Å². The molecule has 144 valence electrons. The molecule has 1 fully saturated rings. The molecule has 0 saturated carbocycles. The molecule has 1 atom stereocenters. The first-order valence-electron chi connectivity index (χ1n) is 9.17. The Bertz CT molecular complexity index is 806. The van der Waals surface area contributed by atoms with E-state index in [9.17, 15) is 9.59 Å². The monoisotopic (exact) mass is 388 g/mol. The van der Waals surface area contributed by atoms with Crippen LogP contribution in [0.1, 0.15) is 24.8 Å². The second-order valence-electron chi connectivity index (χ2n) is 7.19. The predicted octanol–water partition coefficient (Wildman–Crippen LogP) is 2.58. The number of benzene rings is 1. The zero-order valence-corrected chi connectivity index (χ0v) is 16.5. The Morgan fingerprint density at radius 1 is 1.26 bits per heavy atom. The number of halogens is 1. The van der Waals surface area contributed by atoms with Crippen molar-refractivity contribution in [1.82, 2.24) is 19.6 Å². The molecule has 2 amide bonds. The highest BCUT2D eigenvalue weighted by Crippen LogP contribution is 2.31. The van der Waals surface area contributed by atoms with Crippen LogP contribution in [-0.4, -0.2) is 58.6 Å². The first-order valence-corrected chi connectivity index (χ1v) is 9.55. The number of rotatable bonds is 5. The summed E-state index contributed by atoms with van der Waals surface area (Å²) in [5, 5.41) is 5.01. The normalized spacial score (nSPS) is 19.7. The molecule has 2 aromatic rings. The molecule has 27 heavy (non-hydrogen) atoms. The van der Waals surface area contributed by atoms with E-state index in [-0.39, 0.29) is 11.8 Å². The van der Waals surface area contributed by atoms with Crippen LogP contribution in [0.4, 0.5) is 0 Å². The summed E-state index contributed by atoms with van der Waals surface area (Å²) in [5.74, 6) is 0.00695. The Labute approximate surface area is 164 Å². The number of nitrogens with zero attached hydrogens (tertiary/aromatic N) is 4. The van der Waals surface area contributed by atoms with E-state index in [1.54, 1.807) is 41.0 Å². The third kappa shape index (κ3) is 4.00. The number of likely N-dealkylation sites (tertiary alicyclic amines) is 1. The Balaban J connectivity index is 1.76. The lowest BCUT2D eigenvalue weighted by Crippen LogP contribution is -2.59. The molecule has 6 nitrogen and oxygen atoms in total. The third-order valence-corrected chi connectivity index (χ3v) is 5.51. The van der Waals surface area contributed by atoms with E-state index in [2.05, 4.69) is 5.10 Å². The molecular weight excluding hydrogens is 364 g/mol. The number of likely N-dealkylation sites (N-methyl/N-ethyl adjacent to an activating group) is 1. The first-order chi connectivity index (χ1) is 12.9. The highest BCUT2D eigenvalue weighted by molar-refractivity contribution is 6.31. The molecule has 0 spiro atoms. The summed E-state index contributed by atoms with van der Waals surface area (Å²) in [6, 6.07) is 9.38. The fraction of sp³-hybridized carbons (Fsp3) is 0.450. The molecule has 1 aromatic carbocycles. The molecule has 1 unspecified atom stereocenters. The van der Waals surface area contributed by atoms with Crippen molar-refractivity contribution in [3.05, 3.63) is 53.3 Å². The average molecular weight is 389 g/mol. The highest BCUT2D eigenvalue weighted by Gasteiger charge is 2.46. The molecule has 0 N–H and O–H groups in total. The van der Waals surface area contributed by atoms with Crippen molar-refractivity contribution in [2.45, 2.75) is 31.2 Å². The number of aryl methyl sites for hydroxylation is 1. The largest absolute Gasteiger partial charge is 0.347 e. The standard InChI is InChI=1S/C20H25ClN4O2/c1-23(2)19(27)20(25-14-6-12-22-25)11-5-13-24(15-20)18(26)10-9-16-7-3-4-8-17(16)21/h3-4,6-8,12,14H,5,9-11,13,15H2,1-2H3. The summed E-state index contributed by atoms with van der Waals surface area (Å²) < 4.78 is 1.71. The zero-order chi connectivity index (χ0) is 19.4. The maximum atomic E-state index is 13.0. The maximum Gasteiger partial charge on any atom is 0.251 e. The molecule has 1 aliphatic heterocycles. The van der Waals surface area contributed by atoms with Crippen molar-refractivity contribution in [3.63, 3.8) is 0 Å². The van der Waals surface area contributed by atoms with Gasteiger partial charge in [-0.3, -0.25) is 14.3 Å². The van der Waals surface area contributed by atoms with Gasteiger partial charge in [-0.1, -0.05) is 29.8 Å². The quantitative estimate of drug-likeness (QED) is 0.791. The van der Waals surface area contributed by atoms with Crippen LogP contribution in [0, 0.1) is 0 Å². The van der Waals surface area contributed by atoms with E-state index in [1.165, 1.54) is 0 Å². The number of piperidine rings is 1. The van der Waals surface area contributed by atoms with Gasteiger partial charge in [0.2, 0.25) is 5.91 Å². The Morgan fingerprint density at radius 3 is 2.70 bits per heavy atom. The molecule has 0 radical (unpaired) electrons. The fourth-order valence-electron chi connectivity index (χ4n) is 3.75. The van der Waals surface area contributed by atoms with Gasteiger partial charge in [0, 0.05) is 44.5 Å². The smallest absolute Gasteiger partial charge is 0.251 e. The van der Waals surface area contributed by atoms with Gasteiger partial charge >= 0.3 is 0 Å². The van der Waals surface area contributed by atoms with Gasteiger partial charge < -0.3 is 9.80 Å². The number of hydrogen-bond acceptors (Lipinski definition) is 3. The molecule has 2 heterocycles. The number of aromatic nitrogens is 2. The van der Waals surface area contributed by atoms with Gasteiger partial charge in [0.25, 0.3) is 5.91 Å². The number of amides is 2. The molecule has 1 aromatic heterocycles. The minimum atomic E-state index is -0.842. The van der Waals surface area contributed by atoms with Crippen molar-refractivity contribution >= 4 is 23.4 Å². The van der Waals surface area contributed by atoms with Crippen molar-refractivity contribution in [1.29, 1.82) is 0 Å². The van der Waals surface area contributed by atoms with Gasteiger partial charge in [-0.25, -0.2) is 0 Å². The van der Waals surface area contributed by atoms with Gasteiger partial charge in [-0.2, -0.15) is 5.10 Å². The van der Waals surface area contributed by atoms with Crippen LogP contribution in [0.5, 0.6) is 0 Å². The van der Waals surface area contributed by atoms with E-state index in [0.717, 1.165) is 12.0 Å². The fourth-order valence-corrected chi connectivity index (χ4v) is 3.98. The van der Waals surface area contributed by atoms with Crippen molar-refractivity contribution in [2.24, 2.45) is 0 Å². The van der Waals surface area contributed by atoms with Gasteiger partial charge in [-0.15, -0.1) is 0 Å². The minimum absolute atomic E-state index is 0.0326. The lowest BCUT2D eigenvalue weighted by Gasteiger charge is -2.43. The van der Waals surface area contributed by atoms with Crippen LogP contribution in [0.25, 0.3) is 0 Å². The third-order valence-electron chi connectivity index (χ3n) is 5.14. The number of carbonyl (C=O) groups is 2. The summed E-state index contributed by atoms with van der Waals surface area (Å²) in [6.45, 7) is 0.998. The van der Waals surface area contributed by atoms with Crippen LogP contribution in [0.3, 0.4) is 0 Å². The van der Waals surface area contributed by atoms with Gasteiger partial charge in [-0.05, 0) is 37.0 Å². The van der Waals surface area contributed by atoms with E-state index in [1.807, 2.05) is 30.3 Å². The van der Waals surface area contributed by atoms with Crippen LogP contribution < -0.4 is 0 Å². The van der Waals surface area contributed by atoms with E-state index in [4.69, 9.17) is 11.6 Å². The van der Waals surface area contributed by atoms with Crippen molar-refractivity contribution in [3.8, 4) is 0 Å². The predicted molar refractivity (Wildman–Crippen MR) is 104 cm³/mol. The molecule has 1 aliphatic rings. The minimum Gasteiger partial charge on any atom is -0.347 e. The average Bonchev–Trinajstić information content (AvgIpc) is 3.22. The van der Waals surface area contributed by atoms with Crippen LogP contribution in [-0.2, 0) is 21.5 Å². The van der Waals surface area contributed by atoms with Crippen molar-refractivity contribution < 1.29 is 9.59 Å². The molecule has 1 saturated heterocycles. The molecular formula is C20H25ClN4O2. The summed E-state index contributed by atoms with van der Waals surface area (Å²) >= 11 is 6.20. The van der Waals surface area contributed by atoms with E-state index < -0.39 is 5.54 Å². The van der Waals surface area contributed by atoms with E-state index >= 15 is 0 Å². The Hall–Kier alpha value is -2.34. The molecule has 7 heteroatoms. The van der Waals surface area contributed by atoms with Gasteiger partial charge in [0.05, 0.1) is 6.54 Å². The Morgan fingerprint density at radius 2 is 2.04 bits per heavy atom. The maximum absolute atomic E-state index is 13.0. The topological polar surface area (TPSA) is 58.4 Å². The molecule has 0 bridgehead atoms. The van der Waals surface area contributed by atoms with Crippen molar-refractivity contribution in [2.75, 3.05) is 27.2 Å². The van der Waals surface area contributed by atoms with Gasteiger partial charge in [0.15, 0.2) is 5.54 Å². The summed E-state index contributed by atoms with van der Waals surface area (Å²) in [7, 11) is 3.48. The molecule has 3 rings (SSSR count). The van der Waals surface area contributed by atoms with Gasteiger partial charge in [0.1, 0.15) is 0 Å². The van der Waals surface area contributed by atoms with Crippen LogP contribution in [0.2, 0.25) is 5.02 Å². The second-order valence-corrected chi connectivity index (χ2v) is 7.60. The summed E-state index contributed by atoms with van der Waals surface area (Å²) in [6.07, 6.45) is 5.86. The lowest BCUT2D eigenvalue weighted by molar-refractivity contribution is -0.146. The number of carbonyl (C=O) groups excluding carboxylic acids is 2. The highest BCUT2D eigenvalue weighted by atomic mass is 35.5. The Kier molecular flexibility index (Phi) is 5.85. The second kappa shape index (κ2) is 8.13. The first kappa shape index (κ1) is 19.4. The summed E-state index contributed by atoms with van der Waals surface area (Å²) in [5.41, 5.74) is 0.123. The lowest BCUT2D eigenvalue weighted by atomic mass is 9.87. The SMILES string of the molecule is CN(C)C(=O)C1(n2cccn2)CCCN(C(=O)CCc2ccccc2Cl)C1. The zero-order valence-electron chi connectivity index (χ0n) is 15.8. The molecule has 0 aliphatic carbocycles. The number of hydrogen-bond donors (Lipinski definition) is 0.